The van der Waals surface area contributed by atoms with Crippen LogP contribution in [-0.2, 0) is 27.3 Å². The zero-order chi connectivity index (χ0) is 28.8. The summed E-state index contributed by atoms with van der Waals surface area (Å²) in [5, 5.41) is 9.06. The van der Waals surface area contributed by atoms with Crippen LogP contribution in [0.15, 0.2) is 48.5 Å². The fraction of sp³-hybridized carbons (Fsp3) is 0.516. The molecule has 1 heterocycles. The molecule has 3 N–H and O–H groups in total. The molecular formula is C31H42FN5O3. The third-order valence-electron chi connectivity index (χ3n) is 8.11. The predicted octanol–water partition coefficient (Wildman–Crippen LogP) is 2.78. The van der Waals surface area contributed by atoms with Crippen molar-refractivity contribution in [3.63, 3.8) is 0 Å². The summed E-state index contributed by atoms with van der Waals surface area (Å²) in [6.45, 7) is 7.32. The Morgan fingerprint density at radius 2 is 1.75 bits per heavy atom. The van der Waals surface area contributed by atoms with Crippen molar-refractivity contribution in [3.05, 3.63) is 71.0 Å². The van der Waals surface area contributed by atoms with E-state index in [-0.39, 0.29) is 35.5 Å². The Kier molecular flexibility index (Phi) is 9.92. The maximum Gasteiger partial charge on any atom is 0.246 e. The fourth-order valence-corrected chi connectivity index (χ4v) is 5.59. The number of carbonyl (C=O) groups is 3. The van der Waals surface area contributed by atoms with Gasteiger partial charge in [-0.3, -0.25) is 19.3 Å². The molecule has 216 valence electrons. The molecule has 1 fully saturated rings. The van der Waals surface area contributed by atoms with Gasteiger partial charge in [-0.25, -0.2) is 4.39 Å². The Morgan fingerprint density at radius 1 is 1.02 bits per heavy atom. The molecule has 4 rings (SSSR count). The number of carbonyl (C=O) groups excluding carboxylic acids is 3. The highest BCUT2D eigenvalue weighted by atomic mass is 19.1. The number of likely N-dealkylation sites (N-methyl/N-ethyl adjacent to an activating group) is 1. The second-order valence-corrected chi connectivity index (χ2v) is 11.3. The molecule has 9 heteroatoms. The third kappa shape index (κ3) is 7.06. The summed E-state index contributed by atoms with van der Waals surface area (Å²) in [4.78, 5) is 44.3. The summed E-state index contributed by atoms with van der Waals surface area (Å²) in [5.41, 5.74) is 3.32. The number of rotatable bonds is 9. The van der Waals surface area contributed by atoms with Crippen molar-refractivity contribution in [2.75, 3.05) is 26.7 Å². The van der Waals surface area contributed by atoms with Crippen molar-refractivity contribution in [2.24, 2.45) is 5.92 Å². The molecule has 0 bridgehead atoms. The lowest BCUT2D eigenvalue weighted by Gasteiger charge is -2.43. The molecular weight excluding hydrogens is 509 g/mol. The van der Waals surface area contributed by atoms with Crippen molar-refractivity contribution in [3.8, 4) is 0 Å². The highest BCUT2D eigenvalue weighted by molar-refractivity contribution is 5.93. The van der Waals surface area contributed by atoms with E-state index in [1.165, 1.54) is 17.7 Å². The number of nitrogens with one attached hydrogen (secondary N) is 3. The maximum absolute atomic E-state index is 13.9. The Morgan fingerprint density at radius 3 is 2.45 bits per heavy atom. The molecule has 8 nitrogen and oxygen atoms in total. The van der Waals surface area contributed by atoms with Crippen LogP contribution in [0, 0.1) is 11.7 Å². The largest absolute Gasteiger partial charge is 0.347 e. The minimum absolute atomic E-state index is 0.112. The van der Waals surface area contributed by atoms with E-state index < -0.39 is 18.1 Å². The monoisotopic (exact) mass is 551 g/mol. The van der Waals surface area contributed by atoms with Crippen LogP contribution < -0.4 is 16.0 Å². The lowest BCUT2D eigenvalue weighted by atomic mass is 9.87. The SMILES string of the molecule is CN[C@@H](C)C(=O)N[C@H](C(=O)N1CCN(Cc2ccc(F)cc2)C[C@H]1C(=O)NC1CCCc2ccccc21)C(C)C. The summed E-state index contributed by atoms with van der Waals surface area (Å²) in [6.07, 6.45) is 2.81. The Hall–Kier alpha value is -3.30. The van der Waals surface area contributed by atoms with Gasteiger partial charge in [0.25, 0.3) is 0 Å². The normalized spacial score (nSPS) is 20.9. The van der Waals surface area contributed by atoms with Gasteiger partial charge < -0.3 is 20.9 Å². The topological polar surface area (TPSA) is 93.8 Å². The zero-order valence-electron chi connectivity index (χ0n) is 24.0. The molecule has 1 aliphatic heterocycles. The van der Waals surface area contributed by atoms with E-state index in [0.29, 0.717) is 26.2 Å². The lowest BCUT2D eigenvalue weighted by molar-refractivity contribution is -0.148. The van der Waals surface area contributed by atoms with E-state index in [0.717, 1.165) is 30.4 Å². The number of aryl methyl sites for hydroxylation is 1. The van der Waals surface area contributed by atoms with Gasteiger partial charge in [-0.2, -0.15) is 0 Å². The Labute approximate surface area is 236 Å². The molecule has 0 radical (unpaired) electrons. The van der Waals surface area contributed by atoms with Crippen LogP contribution in [0.4, 0.5) is 4.39 Å². The van der Waals surface area contributed by atoms with Gasteiger partial charge in [0.15, 0.2) is 0 Å². The summed E-state index contributed by atoms with van der Waals surface area (Å²) in [6, 6.07) is 12.5. The van der Waals surface area contributed by atoms with Crippen molar-refractivity contribution in [1.82, 2.24) is 25.8 Å². The number of amides is 3. The van der Waals surface area contributed by atoms with Gasteiger partial charge in [0.2, 0.25) is 17.7 Å². The second kappa shape index (κ2) is 13.4. The maximum atomic E-state index is 13.9. The number of halogens is 1. The molecule has 0 saturated carbocycles. The van der Waals surface area contributed by atoms with Crippen LogP contribution in [0.5, 0.6) is 0 Å². The molecule has 1 unspecified atom stereocenters. The van der Waals surface area contributed by atoms with Gasteiger partial charge in [0.05, 0.1) is 12.1 Å². The molecule has 1 saturated heterocycles. The number of nitrogens with zero attached hydrogens (tertiary/aromatic N) is 2. The van der Waals surface area contributed by atoms with Gasteiger partial charge in [-0.05, 0) is 68.0 Å². The first-order chi connectivity index (χ1) is 19.2. The Balaban J connectivity index is 1.56. The summed E-state index contributed by atoms with van der Waals surface area (Å²) >= 11 is 0. The van der Waals surface area contributed by atoms with E-state index in [9.17, 15) is 18.8 Å². The molecule has 1 aliphatic carbocycles. The standard InChI is InChI=1S/C31H42FN5O3/c1-20(2)28(35-29(38)21(3)33-4)31(40)37-17-16-36(18-22-12-14-24(32)15-13-22)19-27(37)30(39)34-26-11-7-9-23-8-5-6-10-25(23)26/h5-6,8,10,12-15,20-21,26-28,33H,7,9,11,16-19H2,1-4H3,(H,34,39)(H,35,38)/t21-,26?,27-,28-/m0/s1. The Bertz CT molecular complexity index is 1190. The van der Waals surface area contributed by atoms with Gasteiger partial charge >= 0.3 is 0 Å². The molecule has 0 aromatic heterocycles. The minimum Gasteiger partial charge on any atom is -0.347 e. The van der Waals surface area contributed by atoms with Gasteiger partial charge in [0, 0.05) is 26.2 Å². The molecule has 4 atom stereocenters. The summed E-state index contributed by atoms with van der Waals surface area (Å²) < 4.78 is 13.5. The first-order valence-corrected chi connectivity index (χ1v) is 14.3. The van der Waals surface area contributed by atoms with Gasteiger partial charge in [-0.1, -0.05) is 50.2 Å². The van der Waals surface area contributed by atoms with Crippen molar-refractivity contribution < 1.29 is 18.8 Å². The average Bonchev–Trinajstić information content (AvgIpc) is 2.96. The average molecular weight is 552 g/mol. The number of piperazine rings is 1. The molecule has 2 aromatic carbocycles. The quantitative estimate of drug-likeness (QED) is 0.446. The van der Waals surface area contributed by atoms with Crippen LogP contribution in [0.1, 0.15) is 56.3 Å². The van der Waals surface area contributed by atoms with E-state index in [1.54, 1.807) is 31.0 Å². The van der Waals surface area contributed by atoms with Crippen LogP contribution in [-0.4, -0.2) is 72.3 Å². The van der Waals surface area contributed by atoms with Gasteiger partial charge in [-0.15, -0.1) is 0 Å². The summed E-state index contributed by atoms with van der Waals surface area (Å²) in [7, 11) is 1.70. The number of benzene rings is 2. The number of hydrogen-bond donors (Lipinski definition) is 3. The van der Waals surface area contributed by atoms with Crippen LogP contribution in [0.25, 0.3) is 0 Å². The molecule has 2 aromatic rings. The van der Waals surface area contributed by atoms with E-state index in [4.69, 9.17) is 0 Å². The van der Waals surface area contributed by atoms with E-state index in [1.807, 2.05) is 26.0 Å². The lowest BCUT2D eigenvalue weighted by Crippen LogP contribution is -2.64. The molecule has 2 aliphatic rings. The van der Waals surface area contributed by atoms with E-state index in [2.05, 4.69) is 33.0 Å². The van der Waals surface area contributed by atoms with Crippen molar-refractivity contribution in [1.29, 1.82) is 0 Å². The van der Waals surface area contributed by atoms with Crippen LogP contribution in [0.2, 0.25) is 0 Å². The molecule has 40 heavy (non-hydrogen) atoms. The smallest absolute Gasteiger partial charge is 0.246 e. The van der Waals surface area contributed by atoms with Crippen molar-refractivity contribution >= 4 is 17.7 Å². The first-order valence-electron chi connectivity index (χ1n) is 14.3. The van der Waals surface area contributed by atoms with E-state index >= 15 is 0 Å². The summed E-state index contributed by atoms with van der Waals surface area (Å²) in [5.74, 6) is -1.16. The zero-order valence-corrected chi connectivity index (χ0v) is 24.0. The number of fused-ring (bicyclic) bond motifs is 1. The molecule has 3 amide bonds. The fourth-order valence-electron chi connectivity index (χ4n) is 5.59. The highest BCUT2D eigenvalue weighted by Crippen LogP contribution is 2.30. The van der Waals surface area contributed by atoms with Crippen LogP contribution >= 0.6 is 0 Å². The first kappa shape index (κ1) is 29.7. The highest BCUT2D eigenvalue weighted by Gasteiger charge is 2.40. The minimum atomic E-state index is -0.752. The van der Waals surface area contributed by atoms with Crippen molar-refractivity contribution in [2.45, 2.75) is 70.7 Å². The third-order valence-corrected chi connectivity index (χ3v) is 8.11. The van der Waals surface area contributed by atoms with Gasteiger partial charge in [0.1, 0.15) is 17.9 Å². The number of hydrogen-bond acceptors (Lipinski definition) is 5. The second-order valence-electron chi connectivity index (χ2n) is 11.3. The molecule has 0 spiro atoms. The van der Waals surface area contributed by atoms with Crippen LogP contribution in [0.3, 0.4) is 0 Å². The predicted molar refractivity (Wildman–Crippen MR) is 153 cm³/mol.